The molecule has 0 amide bonds. The van der Waals surface area contributed by atoms with Crippen LogP contribution in [-0.4, -0.2) is 17.6 Å². The summed E-state index contributed by atoms with van der Waals surface area (Å²) >= 11 is 1.85. The van der Waals surface area contributed by atoms with Gasteiger partial charge in [0.15, 0.2) is 0 Å². The van der Waals surface area contributed by atoms with Gasteiger partial charge in [0.05, 0.1) is 11.2 Å². The molecule has 2 nitrogen and oxygen atoms in total. The largest absolute Gasteiger partial charge is 0.314 e. The highest BCUT2D eigenvalue weighted by atomic mass is 32.1. The van der Waals surface area contributed by atoms with Gasteiger partial charge in [-0.2, -0.15) is 0 Å². The predicted molar refractivity (Wildman–Crippen MR) is 58.8 cm³/mol. The highest BCUT2D eigenvalue weighted by Gasteiger charge is 2.29. The summed E-state index contributed by atoms with van der Waals surface area (Å²) in [6.45, 7) is 1.21. The van der Waals surface area contributed by atoms with Gasteiger partial charge in [-0.1, -0.05) is 0 Å². The molecule has 2 aliphatic rings. The lowest BCUT2D eigenvalue weighted by atomic mass is 10.1. The summed E-state index contributed by atoms with van der Waals surface area (Å²) < 4.78 is 0. The molecule has 1 N–H and O–H groups in total. The molecule has 2 heterocycles. The zero-order valence-electron chi connectivity index (χ0n) is 8.33. The molecule has 1 unspecified atom stereocenters. The van der Waals surface area contributed by atoms with Crippen molar-refractivity contribution in [1.82, 2.24) is 10.3 Å². The van der Waals surface area contributed by atoms with E-state index < -0.39 is 0 Å². The standard InChI is InChI=1S/C11H16N2S/c1-2-9(12-5-1)6-10-11(8-3-4-8)13-7-14-10/h7-9,12H,1-6H2. The third-order valence-corrected chi connectivity index (χ3v) is 4.10. The van der Waals surface area contributed by atoms with Crippen molar-refractivity contribution >= 4 is 11.3 Å². The number of aromatic nitrogens is 1. The summed E-state index contributed by atoms with van der Waals surface area (Å²) in [5.74, 6) is 0.817. The molecule has 1 aliphatic heterocycles. The van der Waals surface area contributed by atoms with Gasteiger partial charge in [-0.3, -0.25) is 0 Å². The molecule has 76 valence electrons. The van der Waals surface area contributed by atoms with Crippen LogP contribution in [-0.2, 0) is 6.42 Å². The number of thiazole rings is 1. The van der Waals surface area contributed by atoms with Crippen LogP contribution in [0.2, 0.25) is 0 Å². The van der Waals surface area contributed by atoms with Gasteiger partial charge in [-0.25, -0.2) is 4.98 Å². The Kier molecular flexibility index (Phi) is 2.30. The normalized spacial score (nSPS) is 27.0. The van der Waals surface area contributed by atoms with Crippen LogP contribution in [0.5, 0.6) is 0 Å². The Morgan fingerprint density at radius 3 is 3.07 bits per heavy atom. The van der Waals surface area contributed by atoms with Crippen LogP contribution in [0.25, 0.3) is 0 Å². The molecule has 14 heavy (non-hydrogen) atoms. The second-order valence-electron chi connectivity index (χ2n) is 4.43. The molecule has 1 aromatic heterocycles. The maximum absolute atomic E-state index is 4.51. The molecule has 3 heteroatoms. The van der Waals surface area contributed by atoms with E-state index in [2.05, 4.69) is 10.3 Å². The fourth-order valence-corrected chi connectivity index (χ4v) is 3.21. The van der Waals surface area contributed by atoms with Gasteiger partial charge in [0.2, 0.25) is 0 Å². The van der Waals surface area contributed by atoms with Crippen molar-refractivity contribution in [3.8, 4) is 0 Å². The number of nitrogens with one attached hydrogen (secondary N) is 1. The Hall–Kier alpha value is -0.410. The van der Waals surface area contributed by atoms with Crippen LogP contribution >= 0.6 is 11.3 Å². The monoisotopic (exact) mass is 208 g/mol. The second kappa shape index (κ2) is 3.63. The lowest BCUT2D eigenvalue weighted by Crippen LogP contribution is -2.23. The van der Waals surface area contributed by atoms with Gasteiger partial charge in [0.1, 0.15) is 0 Å². The molecule has 1 saturated carbocycles. The lowest BCUT2D eigenvalue weighted by molar-refractivity contribution is 0.604. The number of hydrogen-bond donors (Lipinski definition) is 1. The highest BCUT2D eigenvalue weighted by molar-refractivity contribution is 7.09. The van der Waals surface area contributed by atoms with Crippen molar-refractivity contribution in [2.45, 2.75) is 44.1 Å². The zero-order valence-corrected chi connectivity index (χ0v) is 9.15. The van der Waals surface area contributed by atoms with Crippen LogP contribution in [0.4, 0.5) is 0 Å². The minimum Gasteiger partial charge on any atom is -0.314 e. The smallest absolute Gasteiger partial charge is 0.0797 e. The van der Waals surface area contributed by atoms with E-state index in [1.807, 2.05) is 16.8 Å². The van der Waals surface area contributed by atoms with Gasteiger partial charge in [-0.05, 0) is 38.6 Å². The zero-order chi connectivity index (χ0) is 9.38. The Morgan fingerprint density at radius 2 is 2.36 bits per heavy atom. The van der Waals surface area contributed by atoms with Crippen molar-refractivity contribution < 1.29 is 0 Å². The molecule has 1 atom stereocenters. The first-order valence-corrected chi connectivity index (χ1v) is 6.47. The number of hydrogen-bond acceptors (Lipinski definition) is 3. The molecule has 2 fully saturated rings. The molecule has 1 aliphatic carbocycles. The predicted octanol–water partition coefficient (Wildman–Crippen LogP) is 2.31. The quantitative estimate of drug-likeness (QED) is 0.824. The van der Waals surface area contributed by atoms with E-state index in [1.54, 1.807) is 4.88 Å². The Morgan fingerprint density at radius 1 is 1.43 bits per heavy atom. The topological polar surface area (TPSA) is 24.9 Å². The van der Waals surface area contributed by atoms with Crippen molar-refractivity contribution in [2.24, 2.45) is 0 Å². The maximum Gasteiger partial charge on any atom is 0.0797 e. The average molecular weight is 208 g/mol. The summed E-state index contributed by atoms with van der Waals surface area (Å²) in [6, 6.07) is 0.730. The van der Waals surface area contributed by atoms with Crippen LogP contribution in [0.15, 0.2) is 5.51 Å². The van der Waals surface area contributed by atoms with Crippen molar-refractivity contribution in [3.63, 3.8) is 0 Å². The summed E-state index contributed by atoms with van der Waals surface area (Å²) in [6.07, 6.45) is 6.66. The molecule has 1 saturated heterocycles. The summed E-state index contributed by atoms with van der Waals surface area (Å²) in [5.41, 5.74) is 3.45. The highest BCUT2D eigenvalue weighted by Crippen LogP contribution is 2.42. The van der Waals surface area contributed by atoms with Gasteiger partial charge in [-0.15, -0.1) is 11.3 Å². The molecular weight excluding hydrogens is 192 g/mol. The van der Waals surface area contributed by atoms with Crippen LogP contribution in [0.3, 0.4) is 0 Å². The third kappa shape index (κ3) is 1.71. The minimum atomic E-state index is 0.730. The molecular formula is C11H16N2S. The minimum absolute atomic E-state index is 0.730. The Labute approximate surface area is 88.7 Å². The first kappa shape index (κ1) is 8.86. The van der Waals surface area contributed by atoms with Crippen molar-refractivity contribution in [1.29, 1.82) is 0 Å². The van der Waals surface area contributed by atoms with E-state index in [4.69, 9.17) is 0 Å². The van der Waals surface area contributed by atoms with Crippen molar-refractivity contribution in [2.75, 3.05) is 6.54 Å². The third-order valence-electron chi connectivity index (χ3n) is 3.23. The summed E-state index contributed by atoms with van der Waals surface area (Å²) in [7, 11) is 0. The van der Waals surface area contributed by atoms with E-state index in [0.717, 1.165) is 12.0 Å². The second-order valence-corrected chi connectivity index (χ2v) is 5.37. The molecule has 0 aromatic carbocycles. The van der Waals surface area contributed by atoms with E-state index in [-0.39, 0.29) is 0 Å². The first-order chi connectivity index (χ1) is 6.93. The number of nitrogens with zero attached hydrogens (tertiary/aromatic N) is 1. The van der Waals surface area contributed by atoms with E-state index in [1.165, 1.54) is 44.3 Å². The van der Waals surface area contributed by atoms with Gasteiger partial charge < -0.3 is 5.32 Å². The van der Waals surface area contributed by atoms with Crippen LogP contribution in [0.1, 0.15) is 42.2 Å². The number of rotatable bonds is 3. The lowest BCUT2D eigenvalue weighted by Gasteiger charge is -2.08. The molecule has 0 spiro atoms. The SMILES string of the molecule is c1nc(C2CC2)c(CC2CCCN2)s1. The summed E-state index contributed by atoms with van der Waals surface area (Å²) in [5, 5.41) is 3.56. The maximum atomic E-state index is 4.51. The molecule has 1 aromatic rings. The van der Waals surface area contributed by atoms with E-state index in [0.29, 0.717) is 0 Å². The fourth-order valence-electron chi connectivity index (χ4n) is 2.28. The molecule has 0 radical (unpaired) electrons. The molecule has 0 bridgehead atoms. The van der Waals surface area contributed by atoms with E-state index in [9.17, 15) is 0 Å². The van der Waals surface area contributed by atoms with Gasteiger partial charge >= 0.3 is 0 Å². The molecule has 3 rings (SSSR count). The van der Waals surface area contributed by atoms with Gasteiger partial charge in [0.25, 0.3) is 0 Å². The van der Waals surface area contributed by atoms with Gasteiger partial charge in [0, 0.05) is 16.8 Å². The van der Waals surface area contributed by atoms with Crippen LogP contribution < -0.4 is 5.32 Å². The van der Waals surface area contributed by atoms with E-state index >= 15 is 0 Å². The Balaban J connectivity index is 1.71. The van der Waals surface area contributed by atoms with Crippen molar-refractivity contribution in [3.05, 3.63) is 16.1 Å². The fraction of sp³-hybridized carbons (Fsp3) is 0.727. The summed E-state index contributed by atoms with van der Waals surface area (Å²) in [4.78, 5) is 6.06. The van der Waals surface area contributed by atoms with Crippen LogP contribution in [0, 0.1) is 0 Å². The Bertz CT molecular complexity index is 311. The first-order valence-electron chi connectivity index (χ1n) is 5.59. The average Bonchev–Trinajstić information content (AvgIpc) is 2.74.